The van der Waals surface area contributed by atoms with Gasteiger partial charge in [-0.25, -0.2) is 4.52 Å². The summed E-state index contributed by atoms with van der Waals surface area (Å²) in [6.07, 6.45) is 3.54. The summed E-state index contributed by atoms with van der Waals surface area (Å²) in [7, 11) is 0. The molecule has 3 aromatic rings. The number of ether oxygens (including phenoxy) is 1. The third-order valence-corrected chi connectivity index (χ3v) is 5.11. The van der Waals surface area contributed by atoms with Crippen molar-refractivity contribution in [3.63, 3.8) is 0 Å². The predicted molar refractivity (Wildman–Crippen MR) is 104 cm³/mol. The molecule has 1 N–H and O–H groups in total. The fourth-order valence-electron chi connectivity index (χ4n) is 3.71. The van der Waals surface area contributed by atoms with E-state index in [1.54, 1.807) is 0 Å². The summed E-state index contributed by atoms with van der Waals surface area (Å²) in [4.78, 5) is 16.5. The van der Waals surface area contributed by atoms with Gasteiger partial charge in [-0.2, -0.15) is 4.98 Å². The number of rotatable bonds is 5. The van der Waals surface area contributed by atoms with Crippen LogP contribution in [0.15, 0.2) is 48.5 Å². The van der Waals surface area contributed by atoms with E-state index in [9.17, 15) is 4.79 Å². The van der Waals surface area contributed by atoms with Crippen molar-refractivity contribution >= 4 is 17.6 Å². The molecule has 2 aromatic heterocycles. The molecule has 1 aliphatic rings. The Morgan fingerprint density at radius 1 is 1.11 bits per heavy atom. The number of carbonyl (C=O) groups excluding carboxylic acids is 1. The number of nitrogens with one attached hydrogen (secondary N) is 1. The van der Waals surface area contributed by atoms with Crippen LogP contribution in [0.3, 0.4) is 0 Å². The smallest absolute Gasteiger partial charge is 0.308 e. The lowest BCUT2D eigenvalue weighted by atomic mass is 9.86. The standard InChI is InChI=1S/C21H24N4O2/c1-2-27-20(26)16-11-13-17(14-12-16)22-21-23-19-10-6-9-18(25(19)24-21)15-7-4-3-5-8-15/h3-10,16-17H,2,11-14H2,1H3,(H,22,24). The van der Waals surface area contributed by atoms with Crippen molar-refractivity contribution in [1.82, 2.24) is 14.6 Å². The lowest BCUT2D eigenvalue weighted by Crippen LogP contribution is -2.30. The molecule has 2 heterocycles. The van der Waals surface area contributed by atoms with Crippen molar-refractivity contribution in [1.29, 1.82) is 0 Å². The van der Waals surface area contributed by atoms with Gasteiger partial charge in [0.2, 0.25) is 5.95 Å². The van der Waals surface area contributed by atoms with E-state index in [0.717, 1.165) is 42.6 Å². The summed E-state index contributed by atoms with van der Waals surface area (Å²) in [6, 6.07) is 16.5. The normalized spacial score (nSPS) is 19.7. The van der Waals surface area contributed by atoms with Crippen molar-refractivity contribution in [2.75, 3.05) is 11.9 Å². The average Bonchev–Trinajstić information content (AvgIpc) is 3.12. The van der Waals surface area contributed by atoms with E-state index in [2.05, 4.69) is 27.5 Å². The molecule has 6 heteroatoms. The van der Waals surface area contributed by atoms with E-state index in [-0.39, 0.29) is 17.9 Å². The zero-order valence-electron chi connectivity index (χ0n) is 15.5. The number of benzene rings is 1. The van der Waals surface area contributed by atoms with Crippen LogP contribution in [0, 0.1) is 5.92 Å². The zero-order valence-corrected chi connectivity index (χ0v) is 15.5. The second-order valence-electron chi connectivity index (χ2n) is 6.93. The molecule has 1 fully saturated rings. The quantitative estimate of drug-likeness (QED) is 0.695. The number of anilines is 1. The van der Waals surface area contributed by atoms with Gasteiger partial charge >= 0.3 is 5.97 Å². The van der Waals surface area contributed by atoms with Gasteiger partial charge in [0, 0.05) is 11.6 Å². The molecular formula is C21H24N4O2. The van der Waals surface area contributed by atoms with Crippen molar-refractivity contribution < 1.29 is 9.53 Å². The molecule has 0 saturated heterocycles. The van der Waals surface area contributed by atoms with E-state index in [1.165, 1.54) is 0 Å². The van der Waals surface area contributed by atoms with E-state index in [1.807, 2.05) is 47.8 Å². The topological polar surface area (TPSA) is 68.5 Å². The maximum absolute atomic E-state index is 11.9. The Balaban J connectivity index is 1.47. The Morgan fingerprint density at radius 2 is 1.89 bits per heavy atom. The lowest BCUT2D eigenvalue weighted by molar-refractivity contribution is -0.149. The van der Waals surface area contributed by atoms with Gasteiger partial charge in [-0.05, 0) is 44.7 Å². The van der Waals surface area contributed by atoms with Gasteiger partial charge in [-0.1, -0.05) is 36.4 Å². The molecule has 0 atom stereocenters. The predicted octanol–water partition coefficient (Wildman–Crippen LogP) is 3.93. The molecule has 6 nitrogen and oxygen atoms in total. The summed E-state index contributed by atoms with van der Waals surface area (Å²) >= 11 is 0. The van der Waals surface area contributed by atoms with Crippen LogP contribution in [0.25, 0.3) is 16.9 Å². The highest BCUT2D eigenvalue weighted by molar-refractivity contribution is 5.72. The minimum Gasteiger partial charge on any atom is -0.466 e. The fourth-order valence-corrected chi connectivity index (χ4v) is 3.71. The maximum atomic E-state index is 11.9. The Bertz CT molecular complexity index is 914. The number of aromatic nitrogens is 3. The van der Waals surface area contributed by atoms with Gasteiger partial charge in [-0.15, -0.1) is 5.10 Å². The number of carbonyl (C=O) groups is 1. The monoisotopic (exact) mass is 364 g/mol. The van der Waals surface area contributed by atoms with E-state index >= 15 is 0 Å². The molecule has 4 rings (SSSR count). The third kappa shape index (κ3) is 3.79. The summed E-state index contributed by atoms with van der Waals surface area (Å²) in [5, 5.41) is 8.11. The van der Waals surface area contributed by atoms with Crippen LogP contribution in [-0.4, -0.2) is 33.2 Å². The molecule has 0 amide bonds. The van der Waals surface area contributed by atoms with Gasteiger partial charge in [0.05, 0.1) is 18.2 Å². The zero-order chi connectivity index (χ0) is 18.6. The van der Waals surface area contributed by atoms with Crippen molar-refractivity contribution in [3.05, 3.63) is 48.5 Å². The highest BCUT2D eigenvalue weighted by Gasteiger charge is 2.27. The summed E-state index contributed by atoms with van der Waals surface area (Å²) < 4.78 is 7.02. The van der Waals surface area contributed by atoms with Gasteiger partial charge in [0.25, 0.3) is 0 Å². The van der Waals surface area contributed by atoms with Crippen molar-refractivity contribution in [2.24, 2.45) is 5.92 Å². The number of hydrogen-bond donors (Lipinski definition) is 1. The largest absolute Gasteiger partial charge is 0.466 e. The Hall–Kier alpha value is -2.89. The van der Waals surface area contributed by atoms with Gasteiger partial charge < -0.3 is 10.1 Å². The van der Waals surface area contributed by atoms with E-state index < -0.39 is 0 Å². The third-order valence-electron chi connectivity index (χ3n) is 5.11. The fraction of sp³-hybridized carbons (Fsp3) is 0.381. The van der Waals surface area contributed by atoms with Crippen LogP contribution < -0.4 is 5.32 Å². The highest BCUT2D eigenvalue weighted by Crippen LogP contribution is 2.27. The van der Waals surface area contributed by atoms with Crippen molar-refractivity contribution in [2.45, 2.75) is 38.6 Å². The highest BCUT2D eigenvalue weighted by atomic mass is 16.5. The molecule has 0 spiro atoms. The number of pyridine rings is 1. The van der Waals surface area contributed by atoms with Crippen LogP contribution >= 0.6 is 0 Å². The van der Waals surface area contributed by atoms with Gasteiger partial charge in [-0.3, -0.25) is 4.79 Å². The molecule has 140 valence electrons. The first kappa shape index (κ1) is 17.5. The number of nitrogens with zero attached hydrogens (tertiary/aromatic N) is 3. The van der Waals surface area contributed by atoms with Crippen LogP contribution in [0.1, 0.15) is 32.6 Å². The lowest BCUT2D eigenvalue weighted by Gasteiger charge is -2.27. The van der Waals surface area contributed by atoms with E-state index in [0.29, 0.717) is 12.6 Å². The van der Waals surface area contributed by atoms with Crippen LogP contribution in [0.4, 0.5) is 5.95 Å². The molecule has 1 aromatic carbocycles. The Morgan fingerprint density at radius 3 is 2.63 bits per heavy atom. The minimum absolute atomic E-state index is 0.0294. The van der Waals surface area contributed by atoms with Crippen LogP contribution in [0.5, 0.6) is 0 Å². The number of fused-ring (bicyclic) bond motifs is 1. The molecule has 1 aliphatic carbocycles. The maximum Gasteiger partial charge on any atom is 0.308 e. The Kier molecular flexibility index (Phi) is 5.05. The first-order valence-electron chi connectivity index (χ1n) is 9.59. The SMILES string of the molecule is CCOC(=O)C1CCC(Nc2nc3cccc(-c4ccccc4)n3n2)CC1. The molecule has 1 saturated carbocycles. The molecule has 0 bridgehead atoms. The first-order valence-corrected chi connectivity index (χ1v) is 9.59. The first-order chi connectivity index (χ1) is 13.2. The second kappa shape index (κ2) is 7.78. The summed E-state index contributed by atoms with van der Waals surface area (Å²) in [6.45, 7) is 2.30. The second-order valence-corrected chi connectivity index (χ2v) is 6.93. The summed E-state index contributed by atoms with van der Waals surface area (Å²) in [5.74, 6) is 0.606. The molecular weight excluding hydrogens is 340 g/mol. The van der Waals surface area contributed by atoms with Crippen LogP contribution in [0.2, 0.25) is 0 Å². The van der Waals surface area contributed by atoms with E-state index in [4.69, 9.17) is 4.74 Å². The number of hydrogen-bond acceptors (Lipinski definition) is 5. The molecule has 0 aliphatic heterocycles. The molecule has 27 heavy (non-hydrogen) atoms. The molecule has 0 radical (unpaired) electrons. The van der Waals surface area contributed by atoms with Crippen molar-refractivity contribution in [3.8, 4) is 11.3 Å². The Labute approximate surface area is 158 Å². The number of esters is 1. The minimum atomic E-state index is -0.0608. The van der Waals surface area contributed by atoms with Gasteiger partial charge in [0.15, 0.2) is 5.65 Å². The van der Waals surface area contributed by atoms with Gasteiger partial charge in [0.1, 0.15) is 0 Å². The summed E-state index contributed by atoms with van der Waals surface area (Å²) in [5.41, 5.74) is 2.94. The molecule has 0 unspecified atom stereocenters. The van der Waals surface area contributed by atoms with Crippen LogP contribution in [-0.2, 0) is 9.53 Å². The average molecular weight is 364 g/mol.